The zero-order chi connectivity index (χ0) is 13.8. The van der Waals surface area contributed by atoms with Gasteiger partial charge < -0.3 is 10.6 Å². The van der Waals surface area contributed by atoms with Crippen LogP contribution in [0, 0.1) is 5.92 Å². The van der Waals surface area contributed by atoms with E-state index in [4.69, 9.17) is 0 Å². The number of hydrogen-bond donors (Lipinski definition) is 2. The molecule has 19 heavy (non-hydrogen) atoms. The average molecular weight is 260 g/mol. The summed E-state index contributed by atoms with van der Waals surface area (Å²) in [5.41, 5.74) is 1.07. The summed E-state index contributed by atoms with van der Waals surface area (Å²) in [5.74, 6) is 0.560. The van der Waals surface area contributed by atoms with Crippen LogP contribution in [0.5, 0.6) is 0 Å². The van der Waals surface area contributed by atoms with E-state index in [2.05, 4.69) is 24.5 Å². The summed E-state index contributed by atoms with van der Waals surface area (Å²) in [6.07, 6.45) is 1.12. The Morgan fingerprint density at radius 2 is 2.00 bits per heavy atom. The minimum atomic E-state index is -0.0949. The minimum absolute atomic E-state index is 0.0949. The van der Waals surface area contributed by atoms with Crippen LogP contribution in [-0.4, -0.2) is 24.5 Å². The lowest BCUT2D eigenvalue weighted by molar-refractivity contribution is -0.123. The highest BCUT2D eigenvalue weighted by Crippen LogP contribution is 2.19. The second-order valence-corrected chi connectivity index (χ2v) is 5.68. The van der Waals surface area contributed by atoms with E-state index in [0.717, 1.165) is 18.5 Å². The lowest BCUT2D eigenvalue weighted by atomic mass is 9.88. The highest BCUT2D eigenvalue weighted by molar-refractivity contribution is 5.83. The Morgan fingerprint density at radius 3 is 2.63 bits per heavy atom. The van der Waals surface area contributed by atoms with Crippen LogP contribution in [0.15, 0.2) is 30.3 Å². The molecular formula is C16H24N2O. The van der Waals surface area contributed by atoms with Gasteiger partial charge in [-0.2, -0.15) is 0 Å². The Hall–Kier alpha value is -1.35. The van der Waals surface area contributed by atoms with Crippen molar-refractivity contribution in [3.05, 3.63) is 35.9 Å². The van der Waals surface area contributed by atoms with Crippen molar-refractivity contribution in [1.29, 1.82) is 0 Å². The summed E-state index contributed by atoms with van der Waals surface area (Å²) < 4.78 is 0. The van der Waals surface area contributed by atoms with Crippen molar-refractivity contribution in [3.8, 4) is 0 Å². The smallest absolute Gasteiger partial charge is 0.227 e. The molecule has 2 N–H and O–H groups in total. The summed E-state index contributed by atoms with van der Waals surface area (Å²) in [6.45, 7) is 7.38. The van der Waals surface area contributed by atoms with Gasteiger partial charge >= 0.3 is 0 Å². The first-order valence-electron chi connectivity index (χ1n) is 7.18. The summed E-state index contributed by atoms with van der Waals surface area (Å²) in [5, 5.41) is 6.65. The SMILES string of the molecule is CC(C(=O)NC1C(C)CCNC1C)c1ccccc1. The van der Waals surface area contributed by atoms with Gasteiger partial charge in [0.25, 0.3) is 0 Å². The topological polar surface area (TPSA) is 41.1 Å². The van der Waals surface area contributed by atoms with Crippen molar-refractivity contribution < 1.29 is 4.79 Å². The second kappa shape index (κ2) is 6.20. The van der Waals surface area contributed by atoms with Crippen molar-refractivity contribution in [1.82, 2.24) is 10.6 Å². The predicted molar refractivity (Wildman–Crippen MR) is 78.0 cm³/mol. The molecule has 0 bridgehead atoms. The molecule has 1 heterocycles. The first-order valence-corrected chi connectivity index (χ1v) is 7.18. The van der Waals surface area contributed by atoms with Crippen LogP contribution < -0.4 is 10.6 Å². The molecule has 2 rings (SSSR count). The highest BCUT2D eigenvalue weighted by atomic mass is 16.1. The van der Waals surface area contributed by atoms with E-state index in [1.165, 1.54) is 0 Å². The second-order valence-electron chi connectivity index (χ2n) is 5.68. The first kappa shape index (κ1) is 14.1. The molecule has 4 unspecified atom stereocenters. The van der Waals surface area contributed by atoms with Gasteiger partial charge in [-0.3, -0.25) is 4.79 Å². The van der Waals surface area contributed by atoms with Gasteiger partial charge in [-0.1, -0.05) is 37.3 Å². The molecule has 1 aliphatic rings. The third-order valence-corrected chi connectivity index (χ3v) is 4.22. The van der Waals surface area contributed by atoms with E-state index in [1.807, 2.05) is 37.3 Å². The molecule has 0 aromatic heterocycles. The van der Waals surface area contributed by atoms with E-state index in [9.17, 15) is 4.79 Å². The zero-order valence-electron chi connectivity index (χ0n) is 12.0. The molecule has 1 saturated heterocycles. The summed E-state index contributed by atoms with van der Waals surface area (Å²) >= 11 is 0. The standard InChI is InChI=1S/C16H24N2O/c1-11-9-10-17-13(3)15(11)18-16(19)12(2)14-7-5-4-6-8-14/h4-8,11-13,15,17H,9-10H2,1-3H3,(H,18,19). The van der Waals surface area contributed by atoms with Crippen LogP contribution in [-0.2, 0) is 4.79 Å². The lowest BCUT2D eigenvalue weighted by Crippen LogP contribution is -2.56. The molecule has 1 amide bonds. The number of carbonyl (C=O) groups is 1. The third kappa shape index (κ3) is 3.35. The molecule has 1 aromatic carbocycles. The fraction of sp³-hybridized carbons (Fsp3) is 0.562. The lowest BCUT2D eigenvalue weighted by Gasteiger charge is -2.36. The number of amides is 1. The van der Waals surface area contributed by atoms with Gasteiger partial charge in [-0.15, -0.1) is 0 Å². The molecule has 3 nitrogen and oxygen atoms in total. The van der Waals surface area contributed by atoms with Crippen LogP contribution in [0.3, 0.4) is 0 Å². The van der Waals surface area contributed by atoms with Crippen LogP contribution in [0.2, 0.25) is 0 Å². The number of benzene rings is 1. The van der Waals surface area contributed by atoms with E-state index in [1.54, 1.807) is 0 Å². The van der Waals surface area contributed by atoms with Gasteiger partial charge in [0.05, 0.1) is 5.92 Å². The number of carbonyl (C=O) groups excluding carboxylic acids is 1. The maximum atomic E-state index is 12.4. The van der Waals surface area contributed by atoms with Gasteiger partial charge in [0, 0.05) is 12.1 Å². The van der Waals surface area contributed by atoms with Gasteiger partial charge in [0.1, 0.15) is 0 Å². The Kier molecular flexibility index (Phi) is 4.59. The molecule has 0 saturated carbocycles. The van der Waals surface area contributed by atoms with Crippen molar-refractivity contribution in [2.45, 2.75) is 45.2 Å². The predicted octanol–water partition coefficient (Wildman–Crippen LogP) is 2.29. The molecule has 1 fully saturated rings. The van der Waals surface area contributed by atoms with Crippen molar-refractivity contribution in [2.75, 3.05) is 6.54 Å². The van der Waals surface area contributed by atoms with Crippen LogP contribution in [0.25, 0.3) is 0 Å². The van der Waals surface area contributed by atoms with E-state index in [0.29, 0.717) is 12.0 Å². The van der Waals surface area contributed by atoms with Gasteiger partial charge in [-0.05, 0) is 38.3 Å². The first-order chi connectivity index (χ1) is 9.09. The van der Waals surface area contributed by atoms with E-state index >= 15 is 0 Å². The van der Waals surface area contributed by atoms with Crippen molar-refractivity contribution >= 4 is 5.91 Å². The number of hydrogen-bond acceptors (Lipinski definition) is 2. The third-order valence-electron chi connectivity index (χ3n) is 4.22. The molecule has 1 aromatic rings. The van der Waals surface area contributed by atoms with Gasteiger partial charge in [0.15, 0.2) is 0 Å². The number of rotatable bonds is 3. The van der Waals surface area contributed by atoms with Gasteiger partial charge in [0.2, 0.25) is 5.91 Å². The van der Waals surface area contributed by atoms with Crippen molar-refractivity contribution in [2.24, 2.45) is 5.92 Å². The van der Waals surface area contributed by atoms with Crippen molar-refractivity contribution in [3.63, 3.8) is 0 Å². The minimum Gasteiger partial charge on any atom is -0.351 e. The summed E-state index contributed by atoms with van der Waals surface area (Å²) in [4.78, 5) is 12.4. The monoisotopic (exact) mass is 260 g/mol. The molecule has 3 heteroatoms. The molecule has 0 radical (unpaired) electrons. The molecular weight excluding hydrogens is 236 g/mol. The fourth-order valence-electron chi connectivity index (χ4n) is 2.79. The molecule has 4 atom stereocenters. The maximum absolute atomic E-state index is 12.4. The molecule has 104 valence electrons. The zero-order valence-corrected chi connectivity index (χ0v) is 12.0. The normalized spacial score (nSPS) is 28.7. The van der Waals surface area contributed by atoms with E-state index < -0.39 is 0 Å². The van der Waals surface area contributed by atoms with Crippen LogP contribution >= 0.6 is 0 Å². The van der Waals surface area contributed by atoms with Gasteiger partial charge in [-0.25, -0.2) is 0 Å². The maximum Gasteiger partial charge on any atom is 0.227 e. The van der Waals surface area contributed by atoms with Crippen LogP contribution in [0.1, 0.15) is 38.7 Å². The summed E-state index contributed by atoms with van der Waals surface area (Å²) in [7, 11) is 0. The molecule has 0 aliphatic carbocycles. The fourth-order valence-corrected chi connectivity index (χ4v) is 2.79. The Morgan fingerprint density at radius 1 is 1.32 bits per heavy atom. The van der Waals surface area contributed by atoms with E-state index in [-0.39, 0.29) is 17.9 Å². The Labute approximate surface area is 115 Å². The largest absolute Gasteiger partial charge is 0.351 e. The van der Waals surface area contributed by atoms with Crippen LogP contribution in [0.4, 0.5) is 0 Å². The number of nitrogens with one attached hydrogen (secondary N) is 2. The number of piperidine rings is 1. The summed E-state index contributed by atoms with van der Waals surface area (Å²) in [6, 6.07) is 10.5. The molecule has 1 aliphatic heterocycles. The highest BCUT2D eigenvalue weighted by Gasteiger charge is 2.30. The molecule has 0 spiro atoms. The average Bonchev–Trinajstić information content (AvgIpc) is 2.43. The Bertz CT molecular complexity index is 408. The quantitative estimate of drug-likeness (QED) is 0.875. The Balaban J connectivity index is 2.00.